The molecule has 9 heteroatoms. The number of methoxy groups -OCH3 is 1. The van der Waals surface area contributed by atoms with E-state index in [0.29, 0.717) is 17.3 Å². The van der Waals surface area contributed by atoms with E-state index >= 15 is 0 Å². The third-order valence-electron chi connectivity index (χ3n) is 3.72. The molecule has 0 radical (unpaired) electrons. The van der Waals surface area contributed by atoms with E-state index in [1.165, 1.54) is 31.4 Å². The number of halogens is 3. The number of rotatable bonds is 5. The number of anilines is 3. The van der Waals surface area contributed by atoms with Crippen LogP contribution in [-0.2, 0) is 6.18 Å². The zero-order valence-electron chi connectivity index (χ0n) is 14.6. The Morgan fingerprint density at radius 1 is 1.04 bits per heavy atom. The molecule has 2 aromatic carbocycles. The monoisotopic (exact) mass is 388 g/mol. The van der Waals surface area contributed by atoms with Crippen LogP contribution >= 0.6 is 0 Å². The molecule has 144 valence electrons. The molecule has 2 N–H and O–H groups in total. The number of aromatic nitrogens is 2. The van der Waals surface area contributed by atoms with Crippen molar-refractivity contribution >= 4 is 23.1 Å². The van der Waals surface area contributed by atoms with E-state index in [4.69, 9.17) is 4.74 Å². The Labute approximate surface area is 158 Å². The van der Waals surface area contributed by atoms with Gasteiger partial charge in [0.05, 0.1) is 18.4 Å². The molecule has 0 spiro atoms. The SMILES string of the molecule is COc1cccc(Nc2cc(C(=O)Nc3ccccc3C(F)(F)F)ncn2)c1. The Morgan fingerprint density at radius 3 is 2.57 bits per heavy atom. The van der Waals surface area contributed by atoms with Gasteiger partial charge in [0.15, 0.2) is 0 Å². The molecule has 0 saturated heterocycles. The normalized spacial score (nSPS) is 11.0. The van der Waals surface area contributed by atoms with E-state index in [9.17, 15) is 18.0 Å². The van der Waals surface area contributed by atoms with Crippen LogP contribution in [0.25, 0.3) is 0 Å². The maximum Gasteiger partial charge on any atom is 0.418 e. The highest BCUT2D eigenvalue weighted by Gasteiger charge is 2.33. The van der Waals surface area contributed by atoms with E-state index in [-0.39, 0.29) is 11.4 Å². The lowest BCUT2D eigenvalue weighted by atomic mass is 10.1. The summed E-state index contributed by atoms with van der Waals surface area (Å²) in [5.41, 5.74) is -0.711. The third-order valence-corrected chi connectivity index (χ3v) is 3.72. The second-order valence-corrected chi connectivity index (χ2v) is 5.64. The number of hydrogen-bond donors (Lipinski definition) is 2. The summed E-state index contributed by atoms with van der Waals surface area (Å²) in [5, 5.41) is 5.23. The van der Waals surface area contributed by atoms with Crippen LogP contribution in [0.15, 0.2) is 60.9 Å². The molecule has 1 heterocycles. The van der Waals surface area contributed by atoms with Crippen molar-refractivity contribution in [2.24, 2.45) is 0 Å². The molecule has 0 bridgehead atoms. The second kappa shape index (κ2) is 7.95. The van der Waals surface area contributed by atoms with Gasteiger partial charge in [0, 0.05) is 17.8 Å². The number of amides is 1. The second-order valence-electron chi connectivity index (χ2n) is 5.64. The Balaban J connectivity index is 1.80. The maximum absolute atomic E-state index is 13.1. The highest BCUT2D eigenvalue weighted by Crippen LogP contribution is 2.34. The molecule has 1 amide bonds. The molecule has 6 nitrogen and oxygen atoms in total. The lowest BCUT2D eigenvalue weighted by molar-refractivity contribution is -0.136. The van der Waals surface area contributed by atoms with Gasteiger partial charge in [-0.3, -0.25) is 4.79 Å². The molecule has 0 saturated carbocycles. The van der Waals surface area contributed by atoms with Crippen molar-refractivity contribution < 1.29 is 22.7 Å². The summed E-state index contributed by atoms with van der Waals surface area (Å²) in [6.45, 7) is 0. The smallest absolute Gasteiger partial charge is 0.418 e. The third kappa shape index (κ3) is 4.56. The Hall–Kier alpha value is -3.62. The van der Waals surface area contributed by atoms with Crippen LogP contribution in [0.4, 0.5) is 30.4 Å². The first-order chi connectivity index (χ1) is 13.4. The van der Waals surface area contributed by atoms with Crippen molar-refractivity contribution in [1.82, 2.24) is 9.97 Å². The fraction of sp³-hybridized carbons (Fsp3) is 0.105. The van der Waals surface area contributed by atoms with Crippen LogP contribution in [0.1, 0.15) is 16.1 Å². The van der Waals surface area contributed by atoms with Crippen LogP contribution in [0, 0.1) is 0 Å². The largest absolute Gasteiger partial charge is 0.497 e. The van der Waals surface area contributed by atoms with Crippen LogP contribution < -0.4 is 15.4 Å². The summed E-state index contributed by atoms with van der Waals surface area (Å²) < 4.78 is 44.3. The first kappa shape index (κ1) is 19.2. The summed E-state index contributed by atoms with van der Waals surface area (Å²) in [7, 11) is 1.53. The number of carbonyl (C=O) groups is 1. The van der Waals surface area contributed by atoms with Gasteiger partial charge in [0.1, 0.15) is 23.6 Å². The molecule has 0 atom stereocenters. The van der Waals surface area contributed by atoms with Crippen molar-refractivity contribution in [3.05, 3.63) is 72.2 Å². The molecular weight excluding hydrogens is 373 g/mol. The van der Waals surface area contributed by atoms with Gasteiger partial charge in [-0.05, 0) is 24.3 Å². The Kier molecular flexibility index (Phi) is 5.44. The van der Waals surface area contributed by atoms with Gasteiger partial charge in [-0.15, -0.1) is 0 Å². The number of carbonyl (C=O) groups excluding carboxylic acids is 1. The Morgan fingerprint density at radius 2 is 1.82 bits per heavy atom. The number of nitrogens with one attached hydrogen (secondary N) is 2. The van der Waals surface area contributed by atoms with Gasteiger partial charge in [-0.2, -0.15) is 13.2 Å². The number of benzene rings is 2. The zero-order chi connectivity index (χ0) is 20.1. The molecule has 0 aliphatic heterocycles. The van der Waals surface area contributed by atoms with Gasteiger partial charge in [0.25, 0.3) is 5.91 Å². The fourth-order valence-electron chi connectivity index (χ4n) is 2.42. The van der Waals surface area contributed by atoms with E-state index in [0.717, 1.165) is 12.4 Å². The first-order valence-electron chi connectivity index (χ1n) is 8.07. The van der Waals surface area contributed by atoms with Gasteiger partial charge in [-0.1, -0.05) is 18.2 Å². The number of para-hydroxylation sites is 1. The average molecular weight is 388 g/mol. The van der Waals surface area contributed by atoms with Crippen LogP contribution in [0.2, 0.25) is 0 Å². The maximum atomic E-state index is 13.1. The molecule has 0 aliphatic carbocycles. The number of alkyl halides is 3. The fourth-order valence-corrected chi connectivity index (χ4v) is 2.42. The van der Waals surface area contributed by atoms with Gasteiger partial charge >= 0.3 is 6.18 Å². The molecular formula is C19H15F3N4O2. The highest BCUT2D eigenvalue weighted by molar-refractivity contribution is 6.03. The topological polar surface area (TPSA) is 76.1 Å². The molecule has 0 aliphatic rings. The van der Waals surface area contributed by atoms with Crippen molar-refractivity contribution in [2.45, 2.75) is 6.18 Å². The molecule has 3 rings (SSSR count). The van der Waals surface area contributed by atoms with E-state index in [1.807, 2.05) is 0 Å². The quantitative estimate of drug-likeness (QED) is 0.673. The van der Waals surface area contributed by atoms with Crippen molar-refractivity contribution in [3.8, 4) is 5.75 Å². The lowest BCUT2D eigenvalue weighted by Crippen LogP contribution is -2.18. The average Bonchev–Trinajstić information content (AvgIpc) is 2.68. The highest BCUT2D eigenvalue weighted by atomic mass is 19.4. The van der Waals surface area contributed by atoms with Gasteiger partial charge < -0.3 is 15.4 Å². The predicted octanol–water partition coefficient (Wildman–Crippen LogP) is 4.50. The molecule has 0 fully saturated rings. The number of nitrogens with zero attached hydrogens (tertiary/aromatic N) is 2. The summed E-state index contributed by atoms with van der Waals surface area (Å²) >= 11 is 0. The summed E-state index contributed by atoms with van der Waals surface area (Å²) in [5.74, 6) is 0.145. The van der Waals surface area contributed by atoms with E-state index in [2.05, 4.69) is 20.6 Å². The summed E-state index contributed by atoms with van der Waals surface area (Å²) in [6, 6.07) is 13.1. The molecule has 1 aromatic heterocycles. The lowest BCUT2D eigenvalue weighted by Gasteiger charge is -2.13. The first-order valence-corrected chi connectivity index (χ1v) is 8.07. The van der Waals surface area contributed by atoms with E-state index < -0.39 is 17.6 Å². The van der Waals surface area contributed by atoms with Crippen LogP contribution in [0.3, 0.4) is 0 Å². The zero-order valence-corrected chi connectivity index (χ0v) is 14.6. The van der Waals surface area contributed by atoms with Crippen LogP contribution in [0.5, 0.6) is 5.75 Å². The minimum absolute atomic E-state index is 0.0858. The molecule has 0 unspecified atom stereocenters. The van der Waals surface area contributed by atoms with Crippen molar-refractivity contribution in [2.75, 3.05) is 17.7 Å². The summed E-state index contributed by atoms with van der Waals surface area (Å²) in [4.78, 5) is 20.2. The van der Waals surface area contributed by atoms with Crippen LogP contribution in [-0.4, -0.2) is 23.0 Å². The minimum atomic E-state index is -4.59. The van der Waals surface area contributed by atoms with Gasteiger partial charge in [0.2, 0.25) is 0 Å². The summed E-state index contributed by atoms with van der Waals surface area (Å²) in [6.07, 6.45) is -3.44. The van der Waals surface area contributed by atoms with E-state index in [1.54, 1.807) is 24.3 Å². The van der Waals surface area contributed by atoms with Crippen molar-refractivity contribution in [3.63, 3.8) is 0 Å². The standard InChI is InChI=1S/C19H15F3N4O2/c1-28-13-6-4-5-12(9-13)25-17-10-16(23-11-24-17)18(27)26-15-8-3-2-7-14(15)19(20,21)22/h2-11H,1H3,(H,26,27)(H,23,24,25). The predicted molar refractivity (Wildman–Crippen MR) is 97.7 cm³/mol. The van der Waals surface area contributed by atoms with Gasteiger partial charge in [-0.25, -0.2) is 9.97 Å². The molecule has 3 aromatic rings. The number of ether oxygens (including phenoxy) is 1. The molecule has 28 heavy (non-hydrogen) atoms. The Bertz CT molecular complexity index is 993. The number of hydrogen-bond acceptors (Lipinski definition) is 5. The van der Waals surface area contributed by atoms with Crippen molar-refractivity contribution in [1.29, 1.82) is 0 Å². The minimum Gasteiger partial charge on any atom is -0.497 e.